The van der Waals surface area contributed by atoms with Crippen molar-refractivity contribution >= 4 is 45.8 Å². The maximum absolute atomic E-state index is 14.2. The van der Waals surface area contributed by atoms with Crippen LogP contribution in [0.3, 0.4) is 0 Å². The van der Waals surface area contributed by atoms with Crippen LogP contribution in [-0.2, 0) is 27.3 Å². The van der Waals surface area contributed by atoms with Gasteiger partial charge in [-0.05, 0) is 56.1 Å². The summed E-state index contributed by atoms with van der Waals surface area (Å²) in [5, 5.41) is 49.0. The number of nitrogens with two attached hydrogens (primary N) is 1. The van der Waals surface area contributed by atoms with Gasteiger partial charge in [0.1, 0.15) is 29.5 Å². The van der Waals surface area contributed by atoms with Crippen molar-refractivity contribution in [2.75, 3.05) is 27.9 Å². The predicted octanol–water partition coefficient (Wildman–Crippen LogP) is 1.85. The molecule has 1 saturated carbocycles. The number of aromatic hydroxyl groups is 1. The van der Waals surface area contributed by atoms with Gasteiger partial charge in [0, 0.05) is 41.4 Å². The summed E-state index contributed by atoms with van der Waals surface area (Å²) in [5.41, 5.74) is 3.43. The average molecular weight is 723 g/mol. The van der Waals surface area contributed by atoms with Gasteiger partial charge in [-0.15, -0.1) is 0 Å². The van der Waals surface area contributed by atoms with E-state index in [9.17, 15) is 39.2 Å². The number of carbonyl (C=O) groups is 3. The van der Waals surface area contributed by atoms with Gasteiger partial charge in [0.2, 0.25) is 11.7 Å². The summed E-state index contributed by atoms with van der Waals surface area (Å²) in [6.07, 6.45) is 1.63. The molecule has 1 fully saturated rings. The number of fused-ring (bicyclic) bond motifs is 3. The minimum Gasteiger partial charge on any atom is -0.508 e. The first kappa shape index (κ1) is 31.8. The zero-order valence-electron chi connectivity index (χ0n) is 24.1. The van der Waals surface area contributed by atoms with Gasteiger partial charge in [-0.3, -0.25) is 24.6 Å². The summed E-state index contributed by atoms with van der Waals surface area (Å²) >= 11 is 1.87. The molecule has 5 rings (SSSR count). The smallest absolute Gasteiger partial charge is 0.255 e. The third kappa shape index (κ3) is 4.83. The van der Waals surface area contributed by atoms with E-state index >= 15 is 0 Å². The van der Waals surface area contributed by atoms with Gasteiger partial charge in [-0.25, -0.2) is 9.37 Å². The Morgan fingerprint density at radius 3 is 2.57 bits per heavy atom. The first-order valence-electron chi connectivity index (χ1n) is 13.7. The number of halogens is 2. The molecule has 5 atom stereocenters. The molecule has 7 N–H and O–H groups in total. The maximum Gasteiger partial charge on any atom is 0.255 e. The molecule has 0 bridgehead atoms. The zero-order valence-corrected chi connectivity index (χ0v) is 26.3. The van der Waals surface area contributed by atoms with Crippen LogP contribution >= 0.6 is 22.6 Å². The number of methoxy groups -OCH3 is 1. The summed E-state index contributed by atoms with van der Waals surface area (Å²) in [7, 11) is 4.56. The lowest BCUT2D eigenvalue weighted by atomic mass is 9.57. The van der Waals surface area contributed by atoms with Crippen LogP contribution in [0.2, 0.25) is 0 Å². The zero-order chi connectivity index (χ0) is 32.2. The van der Waals surface area contributed by atoms with E-state index in [0.29, 0.717) is 28.1 Å². The molecule has 44 heavy (non-hydrogen) atoms. The van der Waals surface area contributed by atoms with Gasteiger partial charge in [0.15, 0.2) is 11.4 Å². The number of phenols is 1. The van der Waals surface area contributed by atoms with Crippen molar-refractivity contribution in [3.63, 3.8) is 0 Å². The number of carbonyl (C=O) groups excluding carboxylic acids is 3. The minimum absolute atomic E-state index is 0.0113. The minimum atomic E-state index is -2.74. The van der Waals surface area contributed by atoms with Crippen LogP contribution in [-0.4, -0.2) is 91.4 Å². The van der Waals surface area contributed by atoms with Crippen molar-refractivity contribution in [1.82, 2.24) is 15.2 Å². The Balaban J connectivity index is 1.74. The number of nitrogens with one attached hydrogen (secondary N) is 1. The number of ether oxygens (including phenoxy) is 1. The molecule has 0 saturated heterocycles. The predicted molar refractivity (Wildman–Crippen MR) is 165 cm³/mol. The average Bonchev–Trinajstić information content (AvgIpc) is 2.98. The second-order valence-corrected chi connectivity index (χ2v) is 12.8. The van der Waals surface area contributed by atoms with Crippen LogP contribution in [0.4, 0.5) is 4.39 Å². The quantitative estimate of drug-likeness (QED) is 0.101. The fourth-order valence-corrected chi connectivity index (χ4v) is 6.92. The summed E-state index contributed by atoms with van der Waals surface area (Å²) in [6, 6.07) is 3.91. The van der Waals surface area contributed by atoms with Gasteiger partial charge >= 0.3 is 0 Å². The highest BCUT2D eigenvalue weighted by atomic mass is 127. The molecule has 1 amide bonds. The summed E-state index contributed by atoms with van der Waals surface area (Å²) in [4.78, 5) is 45.4. The standard InChI is InChI=1S/C30H32FIN4O8/c1-36(2)23-17-8-13-6-16-15(12-4-5-19(44-3)35-10-12)7-14(11-34-18(32)9-31)24(37)21(16)25(38)20(13)27(40)30(17,43)28(41)22(26(23)39)29(33)42/h4-5,7,10,13,17-18,23,34,37-38,41,43H,6,8-9,11H2,1-3H3,(H2,33,42)/t13-,17-,18?,23-,30-/m0/s1. The second kappa shape index (κ2) is 11.7. The maximum atomic E-state index is 14.2. The molecule has 3 aliphatic carbocycles. The van der Waals surface area contributed by atoms with Gasteiger partial charge in [-0.2, -0.15) is 0 Å². The number of likely N-dealkylation sites (N-methyl/N-ethyl adjacent to an activating group) is 1. The van der Waals surface area contributed by atoms with E-state index in [1.807, 2.05) is 22.6 Å². The fourth-order valence-electron chi connectivity index (χ4n) is 6.70. The van der Waals surface area contributed by atoms with Crippen molar-refractivity contribution in [2.45, 2.75) is 35.1 Å². The molecular weight excluding hydrogens is 690 g/mol. The molecule has 0 spiro atoms. The van der Waals surface area contributed by atoms with Gasteiger partial charge in [0.25, 0.3) is 5.91 Å². The number of primary amides is 1. The molecular formula is C30H32FIN4O8. The van der Waals surface area contributed by atoms with Gasteiger partial charge < -0.3 is 30.9 Å². The monoisotopic (exact) mass is 722 g/mol. The van der Waals surface area contributed by atoms with Crippen LogP contribution < -0.4 is 15.8 Å². The van der Waals surface area contributed by atoms with E-state index in [-0.39, 0.29) is 36.3 Å². The van der Waals surface area contributed by atoms with Crippen LogP contribution in [0.25, 0.3) is 16.9 Å². The van der Waals surface area contributed by atoms with E-state index in [2.05, 4.69) is 10.3 Å². The molecule has 3 aliphatic rings. The first-order valence-corrected chi connectivity index (χ1v) is 15.0. The van der Waals surface area contributed by atoms with E-state index in [1.54, 1.807) is 38.5 Å². The number of aliphatic hydroxyl groups excluding tert-OH is 2. The number of benzene rings is 1. The van der Waals surface area contributed by atoms with Crippen molar-refractivity contribution in [3.05, 3.63) is 58.0 Å². The van der Waals surface area contributed by atoms with Gasteiger partial charge in [0.05, 0.1) is 22.8 Å². The Hall–Kier alpha value is -3.60. The molecule has 1 heterocycles. The normalized spacial score (nSPS) is 25.5. The number of ketones is 2. The van der Waals surface area contributed by atoms with Crippen molar-refractivity contribution in [3.8, 4) is 22.8 Å². The number of hydrogen-bond acceptors (Lipinski definition) is 11. The number of hydrogen-bond donors (Lipinski definition) is 6. The highest BCUT2D eigenvalue weighted by Gasteiger charge is 2.64. The van der Waals surface area contributed by atoms with E-state index in [4.69, 9.17) is 10.5 Å². The number of aliphatic hydroxyl groups is 3. The van der Waals surface area contributed by atoms with Crippen LogP contribution in [0, 0.1) is 11.8 Å². The summed E-state index contributed by atoms with van der Waals surface area (Å²) in [5.74, 6) is -6.91. The topological polar surface area (TPSA) is 196 Å². The second-order valence-electron chi connectivity index (χ2n) is 11.3. The number of nitrogens with zero attached hydrogens (tertiary/aromatic N) is 2. The molecule has 2 aromatic rings. The third-order valence-electron chi connectivity index (χ3n) is 8.71. The fraction of sp³-hybridized carbons (Fsp3) is 0.400. The van der Waals surface area contributed by atoms with E-state index in [1.165, 1.54) is 12.0 Å². The third-order valence-corrected chi connectivity index (χ3v) is 9.48. The molecule has 1 aromatic heterocycles. The number of alkyl halides is 2. The largest absolute Gasteiger partial charge is 0.508 e. The number of aromatic nitrogens is 1. The SMILES string of the molecule is COc1ccc(-c2cc(CNC(I)CF)c(O)c3c2C[C@H]2C[C@H]4[C@H](N(C)C)C(=O)C(C(N)=O)=C(O)[C@@]4(O)C(=O)C2=C3O)cn1. The highest BCUT2D eigenvalue weighted by molar-refractivity contribution is 14.1. The molecule has 0 aliphatic heterocycles. The van der Waals surface area contributed by atoms with Crippen LogP contribution in [0.1, 0.15) is 23.1 Å². The molecule has 14 heteroatoms. The molecule has 234 valence electrons. The van der Waals surface area contributed by atoms with Crippen LogP contribution in [0.15, 0.2) is 41.3 Å². The van der Waals surface area contributed by atoms with E-state index in [0.717, 1.165) is 0 Å². The number of pyridine rings is 1. The Bertz CT molecular complexity index is 1630. The number of rotatable bonds is 8. The number of Topliss-reactive ketones (excluding diaryl/α,β-unsaturated/α-hetero) is 2. The van der Waals surface area contributed by atoms with Crippen molar-refractivity contribution < 1.29 is 43.9 Å². The lowest BCUT2D eigenvalue weighted by Crippen LogP contribution is -2.65. The molecule has 1 aromatic carbocycles. The number of amides is 1. The molecule has 1 unspecified atom stereocenters. The first-order chi connectivity index (χ1) is 20.8. The molecule has 12 nitrogen and oxygen atoms in total. The van der Waals surface area contributed by atoms with Crippen molar-refractivity contribution in [1.29, 1.82) is 0 Å². The lowest BCUT2D eigenvalue weighted by Gasteiger charge is -2.50. The Morgan fingerprint density at radius 2 is 2.00 bits per heavy atom. The number of phenolic OH excluding ortho intramolecular Hbond substituents is 1. The molecule has 0 radical (unpaired) electrons. The van der Waals surface area contributed by atoms with Crippen molar-refractivity contribution in [2.24, 2.45) is 17.6 Å². The highest BCUT2D eigenvalue weighted by Crippen LogP contribution is 2.54. The van der Waals surface area contributed by atoms with Gasteiger partial charge in [-0.1, -0.05) is 22.6 Å². The Kier molecular flexibility index (Phi) is 8.48. The lowest BCUT2D eigenvalue weighted by molar-refractivity contribution is -0.153. The summed E-state index contributed by atoms with van der Waals surface area (Å²) < 4.78 is 17.8. The van der Waals surface area contributed by atoms with E-state index < -0.39 is 68.8 Å². The summed E-state index contributed by atoms with van der Waals surface area (Å²) in [6.45, 7) is -0.662. The Labute approximate surface area is 265 Å². The Morgan fingerprint density at radius 1 is 1.30 bits per heavy atom. The van der Waals surface area contributed by atoms with Crippen LogP contribution in [0.5, 0.6) is 11.6 Å².